The van der Waals surface area contributed by atoms with Gasteiger partial charge in [-0.1, -0.05) is 17.3 Å². The second-order valence-electron chi connectivity index (χ2n) is 3.85. The molecule has 19 heavy (non-hydrogen) atoms. The molecule has 2 rings (SSSR count). The van der Waals surface area contributed by atoms with Crippen LogP contribution in [0.2, 0.25) is 0 Å². The predicted molar refractivity (Wildman–Crippen MR) is 79.3 cm³/mol. The van der Waals surface area contributed by atoms with Crippen molar-refractivity contribution in [1.82, 2.24) is 0 Å². The highest BCUT2D eigenvalue weighted by molar-refractivity contribution is 14.1. The lowest BCUT2D eigenvalue weighted by Gasteiger charge is -2.08. The van der Waals surface area contributed by atoms with E-state index < -0.39 is 0 Å². The summed E-state index contributed by atoms with van der Waals surface area (Å²) in [6.45, 7) is 0.379. The lowest BCUT2D eigenvalue weighted by Crippen LogP contribution is -1.97. The van der Waals surface area contributed by atoms with E-state index in [-0.39, 0.29) is 5.82 Å². The highest BCUT2D eigenvalue weighted by Gasteiger charge is 2.03. The molecule has 98 valence electrons. The van der Waals surface area contributed by atoms with E-state index in [9.17, 15) is 4.39 Å². The van der Waals surface area contributed by atoms with Crippen LogP contribution in [0.1, 0.15) is 11.1 Å². The standard InChI is InChI=1S/C14H11FINO2/c15-12-4-1-10(2-5-12)9-19-14-6-3-11(8-17-18)7-13(14)16/h1-8,18H,9H2/b17-8+. The number of nitrogens with zero attached hydrogens (tertiary/aromatic N) is 1. The second-order valence-corrected chi connectivity index (χ2v) is 5.01. The van der Waals surface area contributed by atoms with Gasteiger partial charge in [-0.25, -0.2) is 4.39 Å². The maximum atomic E-state index is 12.8. The van der Waals surface area contributed by atoms with Gasteiger partial charge in [0, 0.05) is 0 Å². The molecule has 0 aliphatic heterocycles. The lowest BCUT2D eigenvalue weighted by molar-refractivity contribution is 0.304. The molecule has 0 radical (unpaired) electrons. The molecule has 0 aliphatic rings. The molecule has 5 heteroatoms. The van der Waals surface area contributed by atoms with Gasteiger partial charge < -0.3 is 9.94 Å². The summed E-state index contributed by atoms with van der Waals surface area (Å²) in [6.07, 6.45) is 1.35. The first-order chi connectivity index (χ1) is 9.19. The van der Waals surface area contributed by atoms with Crippen LogP contribution in [0.15, 0.2) is 47.6 Å². The Morgan fingerprint density at radius 2 is 1.95 bits per heavy atom. The maximum absolute atomic E-state index is 12.8. The highest BCUT2D eigenvalue weighted by atomic mass is 127. The quantitative estimate of drug-likeness (QED) is 0.384. The number of hydrogen-bond donors (Lipinski definition) is 1. The zero-order valence-electron chi connectivity index (χ0n) is 9.88. The number of oxime groups is 1. The van der Waals surface area contributed by atoms with Crippen molar-refractivity contribution in [1.29, 1.82) is 0 Å². The summed E-state index contributed by atoms with van der Waals surface area (Å²) < 4.78 is 19.3. The molecule has 0 bridgehead atoms. The van der Waals surface area contributed by atoms with Gasteiger partial charge in [0.05, 0.1) is 9.78 Å². The Balaban J connectivity index is 2.05. The third kappa shape index (κ3) is 3.92. The van der Waals surface area contributed by atoms with Gasteiger partial charge in [-0.2, -0.15) is 0 Å². The molecule has 0 spiro atoms. The molecule has 0 atom stereocenters. The molecule has 0 saturated heterocycles. The fourth-order valence-electron chi connectivity index (χ4n) is 1.52. The van der Waals surface area contributed by atoms with Crippen LogP contribution >= 0.6 is 22.6 Å². The molecular weight excluding hydrogens is 360 g/mol. The molecule has 0 unspecified atom stereocenters. The molecule has 0 amide bonds. The number of rotatable bonds is 4. The van der Waals surface area contributed by atoms with Crippen LogP contribution in [-0.2, 0) is 6.61 Å². The summed E-state index contributed by atoms with van der Waals surface area (Å²) in [5, 5.41) is 11.4. The Morgan fingerprint density at radius 3 is 2.58 bits per heavy atom. The SMILES string of the molecule is O/N=C/c1ccc(OCc2ccc(F)cc2)c(I)c1. The molecule has 0 heterocycles. The van der Waals surface area contributed by atoms with E-state index >= 15 is 0 Å². The topological polar surface area (TPSA) is 41.8 Å². The van der Waals surface area contributed by atoms with Crippen molar-refractivity contribution < 1.29 is 14.3 Å². The molecule has 0 aliphatic carbocycles. The molecule has 1 N–H and O–H groups in total. The van der Waals surface area contributed by atoms with Crippen LogP contribution in [0.4, 0.5) is 4.39 Å². The minimum absolute atomic E-state index is 0.258. The predicted octanol–water partition coefficient (Wildman–Crippen LogP) is 3.82. The minimum Gasteiger partial charge on any atom is -0.488 e. The first-order valence-electron chi connectivity index (χ1n) is 5.53. The van der Waals surface area contributed by atoms with E-state index in [1.807, 2.05) is 12.1 Å². The van der Waals surface area contributed by atoms with Crippen molar-refractivity contribution in [2.24, 2.45) is 5.16 Å². The van der Waals surface area contributed by atoms with Gasteiger partial charge in [-0.3, -0.25) is 0 Å². The smallest absolute Gasteiger partial charge is 0.133 e. The number of halogens is 2. The summed E-state index contributed by atoms with van der Waals surface area (Å²) in [4.78, 5) is 0. The van der Waals surface area contributed by atoms with Crippen molar-refractivity contribution in [3.63, 3.8) is 0 Å². The average molecular weight is 371 g/mol. The van der Waals surface area contributed by atoms with Gasteiger partial charge in [-0.05, 0) is 64.0 Å². The Hall–Kier alpha value is -1.63. The summed E-state index contributed by atoms with van der Waals surface area (Å²) in [6, 6.07) is 11.6. The fraction of sp³-hybridized carbons (Fsp3) is 0.0714. The second kappa shape index (κ2) is 6.51. The van der Waals surface area contributed by atoms with Gasteiger partial charge in [0.2, 0.25) is 0 Å². The number of hydrogen-bond acceptors (Lipinski definition) is 3. The van der Waals surface area contributed by atoms with E-state index in [2.05, 4.69) is 27.7 Å². The average Bonchev–Trinajstić information content (AvgIpc) is 2.40. The lowest BCUT2D eigenvalue weighted by atomic mass is 10.2. The summed E-state index contributed by atoms with van der Waals surface area (Å²) in [7, 11) is 0. The van der Waals surface area contributed by atoms with Crippen LogP contribution in [0.25, 0.3) is 0 Å². The van der Waals surface area contributed by atoms with E-state index in [0.717, 1.165) is 20.4 Å². The fourth-order valence-corrected chi connectivity index (χ4v) is 2.22. The Morgan fingerprint density at radius 1 is 1.21 bits per heavy atom. The molecule has 0 fully saturated rings. The van der Waals surface area contributed by atoms with Crippen LogP contribution in [0.5, 0.6) is 5.75 Å². The highest BCUT2D eigenvalue weighted by Crippen LogP contribution is 2.22. The first kappa shape index (κ1) is 13.8. The van der Waals surface area contributed by atoms with Gasteiger partial charge in [0.15, 0.2) is 0 Å². The maximum Gasteiger partial charge on any atom is 0.133 e. The monoisotopic (exact) mass is 371 g/mol. The largest absolute Gasteiger partial charge is 0.488 e. The van der Waals surface area contributed by atoms with Crippen molar-refractivity contribution in [3.8, 4) is 5.75 Å². The van der Waals surface area contributed by atoms with Gasteiger partial charge in [0.1, 0.15) is 18.2 Å². The van der Waals surface area contributed by atoms with Crippen LogP contribution in [-0.4, -0.2) is 11.4 Å². The van der Waals surface area contributed by atoms with Crippen LogP contribution < -0.4 is 4.74 Å². The third-order valence-corrected chi connectivity index (χ3v) is 3.31. The molecular formula is C14H11FINO2. The molecule has 2 aromatic rings. The summed E-state index contributed by atoms with van der Waals surface area (Å²) in [5.41, 5.74) is 1.69. The molecule has 3 nitrogen and oxygen atoms in total. The zero-order valence-corrected chi connectivity index (χ0v) is 12.0. The molecule has 2 aromatic carbocycles. The van der Waals surface area contributed by atoms with E-state index in [0.29, 0.717) is 6.61 Å². The summed E-state index contributed by atoms with van der Waals surface area (Å²) >= 11 is 2.15. The summed E-state index contributed by atoms with van der Waals surface area (Å²) in [5.74, 6) is 0.478. The van der Waals surface area contributed by atoms with E-state index in [4.69, 9.17) is 9.94 Å². The number of ether oxygens (including phenoxy) is 1. The molecule has 0 saturated carbocycles. The zero-order chi connectivity index (χ0) is 13.7. The molecule has 0 aromatic heterocycles. The van der Waals surface area contributed by atoms with E-state index in [1.165, 1.54) is 18.3 Å². The normalized spacial score (nSPS) is 10.8. The van der Waals surface area contributed by atoms with Crippen molar-refractivity contribution in [2.75, 3.05) is 0 Å². The Kier molecular flexibility index (Phi) is 4.73. The number of benzene rings is 2. The van der Waals surface area contributed by atoms with Crippen LogP contribution in [0, 0.1) is 9.39 Å². The van der Waals surface area contributed by atoms with Gasteiger partial charge in [-0.15, -0.1) is 0 Å². The van der Waals surface area contributed by atoms with E-state index in [1.54, 1.807) is 18.2 Å². The van der Waals surface area contributed by atoms with Crippen molar-refractivity contribution >= 4 is 28.8 Å². The van der Waals surface area contributed by atoms with Crippen LogP contribution in [0.3, 0.4) is 0 Å². The first-order valence-corrected chi connectivity index (χ1v) is 6.61. The Labute approximate surface area is 123 Å². The van der Waals surface area contributed by atoms with Crippen molar-refractivity contribution in [2.45, 2.75) is 6.61 Å². The minimum atomic E-state index is -0.258. The van der Waals surface area contributed by atoms with Gasteiger partial charge >= 0.3 is 0 Å². The van der Waals surface area contributed by atoms with Gasteiger partial charge in [0.25, 0.3) is 0 Å². The third-order valence-electron chi connectivity index (χ3n) is 2.47. The Bertz CT molecular complexity index is 584. The van der Waals surface area contributed by atoms with Crippen molar-refractivity contribution in [3.05, 3.63) is 63.0 Å².